The summed E-state index contributed by atoms with van der Waals surface area (Å²) >= 11 is 0. The number of esters is 1. The molecule has 0 spiro atoms. The standard InChI is InChI=1S/C25H30O12/c1-32-13-5-2-12(3-6-13)4-7-16(28)35-21-14-8-9-33-23(17(14)25(11-27)22(21)37-25)36-24-20(31)19(30)18(29)15(10-26)34-24/h2-9,14-15,17-24,26-27,29-31H,10-11H2,1H3/t14-,15+,17-,18+,19-,20+,21+,22+,23+,24+,25+/m0/s1. The number of fused-ring (bicyclic) bond motifs is 3. The predicted molar refractivity (Wildman–Crippen MR) is 122 cm³/mol. The van der Waals surface area contributed by atoms with Gasteiger partial charge in [-0.3, -0.25) is 0 Å². The molecule has 0 unspecified atom stereocenters. The van der Waals surface area contributed by atoms with Gasteiger partial charge < -0.3 is 54.0 Å². The van der Waals surface area contributed by atoms with Crippen LogP contribution in [0.3, 0.4) is 0 Å². The van der Waals surface area contributed by atoms with Gasteiger partial charge in [-0.25, -0.2) is 4.79 Å². The van der Waals surface area contributed by atoms with E-state index in [2.05, 4.69) is 0 Å². The van der Waals surface area contributed by atoms with Crippen molar-refractivity contribution < 1.29 is 58.7 Å². The smallest absolute Gasteiger partial charge is 0.331 e. The Morgan fingerprint density at radius 3 is 2.51 bits per heavy atom. The van der Waals surface area contributed by atoms with Crippen molar-refractivity contribution in [3.63, 3.8) is 0 Å². The zero-order chi connectivity index (χ0) is 26.3. The maximum absolute atomic E-state index is 12.6. The van der Waals surface area contributed by atoms with Crippen LogP contribution in [0.15, 0.2) is 42.7 Å². The molecule has 1 saturated carbocycles. The third-order valence-corrected chi connectivity index (χ3v) is 7.38. The van der Waals surface area contributed by atoms with E-state index < -0.39 is 85.8 Å². The summed E-state index contributed by atoms with van der Waals surface area (Å²) < 4.78 is 33.5. The van der Waals surface area contributed by atoms with Crippen molar-refractivity contribution in [1.82, 2.24) is 0 Å². The Labute approximate surface area is 212 Å². The minimum absolute atomic E-state index is 0.402. The summed E-state index contributed by atoms with van der Waals surface area (Å²) in [5.74, 6) is -1.01. The number of methoxy groups -OCH3 is 1. The molecule has 3 fully saturated rings. The van der Waals surface area contributed by atoms with Gasteiger partial charge in [0.25, 0.3) is 0 Å². The van der Waals surface area contributed by atoms with Crippen LogP contribution in [0.2, 0.25) is 0 Å². The maximum atomic E-state index is 12.6. The predicted octanol–water partition coefficient (Wildman–Crippen LogP) is -1.32. The van der Waals surface area contributed by atoms with E-state index in [4.69, 9.17) is 28.4 Å². The molecule has 2 saturated heterocycles. The van der Waals surface area contributed by atoms with Gasteiger partial charge in [0.2, 0.25) is 6.29 Å². The first-order valence-electron chi connectivity index (χ1n) is 11.9. The van der Waals surface area contributed by atoms with E-state index >= 15 is 0 Å². The van der Waals surface area contributed by atoms with Crippen molar-refractivity contribution in [3.05, 3.63) is 48.2 Å². The van der Waals surface area contributed by atoms with Crippen molar-refractivity contribution in [3.8, 4) is 5.75 Å². The number of rotatable bonds is 8. The molecule has 12 nitrogen and oxygen atoms in total. The minimum Gasteiger partial charge on any atom is -0.497 e. The Hall–Kier alpha value is -2.55. The molecule has 202 valence electrons. The number of benzene rings is 1. The first kappa shape index (κ1) is 26.1. The number of carbonyl (C=O) groups is 1. The lowest BCUT2D eigenvalue weighted by Crippen LogP contribution is -2.60. The fourth-order valence-electron chi connectivity index (χ4n) is 5.34. The SMILES string of the molecule is COc1ccc(C=CC(=O)O[C@@H]2[C@H]3C=CO[C@H](O[C@H]4O[C@H](CO)[C@@H](O)[C@H](O)[C@H]4O)[C@H]3[C@@]3(CO)O[C@H]23)cc1. The summed E-state index contributed by atoms with van der Waals surface area (Å²) in [5, 5.41) is 50.1. The van der Waals surface area contributed by atoms with Gasteiger partial charge >= 0.3 is 5.97 Å². The first-order chi connectivity index (χ1) is 17.8. The van der Waals surface area contributed by atoms with Crippen LogP contribution >= 0.6 is 0 Å². The molecule has 1 aromatic carbocycles. The summed E-state index contributed by atoms with van der Waals surface area (Å²) in [4.78, 5) is 12.6. The highest BCUT2D eigenvalue weighted by molar-refractivity contribution is 5.87. The minimum atomic E-state index is -1.63. The van der Waals surface area contributed by atoms with Gasteiger partial charge in [-0.15, -0.1) is 0 Å². The van der Waals surface area contributed by atoms with E-state index in [0.29, 0.717) is 5.75 Å². The average Bonchev–Trinajstić information content (AvgIpc) is 3.60. The van der Waals surface area contributed by atoms with Crippen LogP contribution in [0.4, 0.5) is 0 Å². The van der Waals surface area contributed by atoms with Crippen molar-refractivity contribution >= 4 is 12.0 Å². The topological polar surface area (TPSA) is 177 Å². The molecule has 0 aromatic heterocycles. The molecule has 37 heavy (non-hydrogen) atoms. The number of carbonyl (C=O) groups excluding carboxylic acids is 1. The van der Waals surface area contributed by atoms with Crippen LogP contribution < -0.4 is 4.74 Å². The second kappa shape index (κ2) is 10.3. The number of epoxide rings is 1. The summed E-state index contributed by atoms with van der Waals surface area (Å²) in [7, 11) is 1.56. The molecule has 0 bridgehead atoms. The monoisotopic (exact) mass is 522 g/mol. The van der Waals surface area contributed by atoms with Gasteiger partial charge in [-0.1, -0.05) is 12.1 Å². The van der Waals surface area contributed by atoms with Crippen LogP contribution in [0.5, 0.6) is 5.75 Å². The normalized spacial score (nSPS) is 42.1. The average molecular weight is 523 g/mol. The summed E-state index contributed by atoms with van der Waals surface area (Å²) in [5.41, 5.74) is -0.341. The van der Waals surface area contributed by atoms with E-state index in [1.807, 2.05) is 0 Å². The molecule has 11 atom stereocenters. The summed E-state index contributed by atoms with van der Waals surface area (Å²) in [6, 6.07) is 7.11. The highest BCUT2D eigenvalue weighted by Gasteiger charge is 2.77. The Morgan fingerprint density at radius 1 is 1.08 bits per heavy atom. The van der Waals surface area contributed by atoms with E-state index in [1.54, 1.807) is 43.5 Å². The number of ether oxygens (including phenoxy) is 6. The van der Waals surface area contributed by atoms with Crippen LogP contribution in [0.25, 0.3) is 6.08 Å². The van der Waals surface area contributed by atoms with Gasteiger partial charge in [0.05, 0.1) is 32.5 Å². The van der Waals surface area contributed by atoms with Gasteiger partial charge in [0, 0.05) is 12.0 Å². The molecule has 3 aliphatic heterocycles. The second-order valence-corrected chi connectivity index (χ2v) is 9.43. The van der Waals surface area contributed by atoms with Crippen LogP contribution in [-0.2, 0) is 28.5 Å². The second-order valence-electron chi connectivity index (χ2n) is 9.43. The molecule has 12 heteroatoms. The highest BCUT2D eigenvalue weighted by Crippen LogP contribution is 2.60. The lowest BCUT2D eigenvalue weighted by molar-refractivity contribution is -0.344. The summed E-state index contributed by atoms with van der Waals surface area (Å²) in [6.07, 6.45) is -3.94. The molecule has 0 radical (unpaired) electrons. The molecular formula is C25H30O12. The highest BCUT2D eigenvalue weighted by atomic mass is 16.8. The number of aliphatic hydroxyl groups is 5. The van der Waals surface area contributed by atoms with E-state index in [9.17, 15) is 30.3 Å². The third kappa shape index (κ3) is 4.64. The maximum Gasteiger partial charge on any atom is 0.331 e. The van der Waals surface area contributed by atoms with Crippen LogP contribution in [-0.4, -0.2) is 107 Å². The Bertz CT molecular complexity index is 1030. The van der Waals surface area contributed by atoms with Gasteiger partial charge in [-0.2, -0.15) is 0 Å². The molecule has 1 aliphatic carbocycles. The molecule has 3 heterocycles. The summed E-state index contributed by atoms with van der Waals surface area (Å²) in [6.45, 7) is -1.02. The number of hydrogen-bond donors (Lipinski definition) is 5. The van der Waals surface area contributed by atoms with Crippen molar-refractivity contribution in [2.75, 3.05) is 20.3 Å². The van der Waals surface area contributed by atoms with E-state index in [-0.39, 0.29) is 0 Å². The molecule has 5 rings (SSSR count). The fraction of sp³-hybridized carbons (Fsp3) is 0.560. The Kier molecular flexibility index (Phi) is 7.27. The zero-order valence-electron chi connectivity index (χ0n) is 19.9. The van der Waals surface area contributed by atoms with Crippen molar-refractivity contribution in [2.45, 2.75) is 54.8 Å². The van der Waals surface area contributed by atoms with Gasteiger partial charge in [0.15, 0.2) is 6.29 Å². The molecule has 5 N–H and O–H groups in total. The quantitative estimate of drug-likeness (QED) is 0.155. The number of hydrogen-bond acceptors (Lipinski definition) is 12. The number of aliphatic hydroxyl groups excluding tert-OH is 5. The molecule has 4 aliphatic rings. The molecule has 1 aromatic rings. The fourth-order valence-corrected chi connectivity index (χ4v) is 5.34. The van der Waals surface area contributed by atoms with Gasteiger partial charge in [-0.05, 0) is 29.8 Å². The lowest BCUT2D eigenvalue weighted by Gasteiger charge is -2.43. The Balaban J connectivity index is 1.28. The van der Waals surface area contributed by atoms with E-state index in [1.165, 1.54) is 12.3 Å². The molecule has 0 amide bonds. The first-order valence-corrected chi connectivity index (χ1v) is 11.9. The van der Waals surface area contributed by atoms with Gasteiger partial charge in [0.1, 0.15) is 48.0 Å². The van der Waals surface area contributed by atoms with Crippen molar-refractivity contribution in [1.29, 1.82) is 0 Å². The van der Waals surface area contributed by atoms with E-state index in [0.717, 1.165) is 5.56 Å². The Morgan fingerprint density at radius 2 is 1.84 bits per heavy atom. The van der Waals surface area contributed by atoms with Crippen LogP contribution in [0.1, 0.15) is 5.56 Å². The largest absolute Gasteiger partial charge is 0.497 e. The van der Waals surface area contributed by atoms with Crippen molar-refractivity contribution in [2.24, 2.45) is 11.8 Å². The van der Waals surface area contributed by atoms with Crippen LogP contribution in [0, 0.1) is 11.8 Å². The third-order valence-electron chi connectivity index (χ3n) is 7.38. The zero-order valence-corrected chi connectivity index (χ0v) is 19.9. The lowest BCUT2D eigenvalue weighted by atomic mass is 9.85. The molecular weight excluding hydrogens is 492 g/mol.